The molecule has 0 bridgehead atoms. The van der Waals surface area contributed by atoms with Crippen molar-refractivity contribution < 1.29 is 0 Å². The van der Waals surface area contributed by atoms with E-state index in [4.69, 9.17) is 5.73 Å². The van der Waals surface area contributed by atoms with Crippen LogP contribution in [-0.2, 0) is 6.54 Å². The van der Waals surface area contributed by atoms with Gasteiger partial charge in [-0.25, -0.2) is 0 Å². The quantitative estimate of drug-likeness (QED) is 0.627. The number of anilines is 2. The van der Waals surface area contributed by atoms with E-state index in [1.807, 2.05) is 18.2 Å². The van der Waals surface area contributed by atoms with Crippen molar-refractivity contribution in [2.75, 3.05) is 11.1 Å². The van der Waals surface area contributed by atoms with Gasteiger partial charge in [-0.3, -0.25) is 0 Å². The second-order valence-corrected chi connectivity index (χ2v) is 5.22. The van der Waals surface area contributed by atoms with E-state index in [9.17, 15) is 0 Å². The van der Waals surface area contributed by atoms with Crippen LogP contribution in [-0.4, -0.2) is 4.98 Å². The van der Waals surface area contributed by atoms with Gasteiger partial charge in [0.05, 0.1) is 11.4 Å². The molecule has 102 valence electrons. The lowest BCUT2D eigenvalue weighted by Gasteiger charge is -2.10. The molecule has 3 heteroatoms. The van der Waals surface area contributed by atoms with Crippen LogP contribution in [0.4, 0.5) is 11.4 Å². The van der Waals surface area contributed by atoms with E-state index >= 15 is 0 Å². The standard InChI is InChI=1S/C17H19N3/c1-11-7-8-15(18)17(9-11)19-10-14-12(2)20-16-6-4-3-5-13(14)16/h3-9,19-20H,10,18H2,1-2H3. The van der Waals surface area contributed by atoms with Crippen LogP contribution in [0, 0.1) is 13.8 Å². The lowest BCUT2D eigenvalue weighted by molar-refractivity contribution is 1.12. The maximum absolute atomic E-state index is 6.01. The fourth-order valence-corrected chi connectivity index (χ4v) is 2.57. The Morgan fingerprint density at radius 1 is 1.10 bits per heavy atom. The van der Waals surface area contributed by atoms with Gasteiger partial charge in [-0.15, -0.1) is 0 Å². The van der Waals surface area contributed by atoms with Gasteiger partial charge in [0.25, 0.3) is 0 Å². The van der Waals surface area contributed by atoms with Gasteiger partial charge in [0.15, 0.2) is 0 Å². The minimum Gasteiger partial charge on any atom is -0.397 e. The summed E-state index contributed by atoms with van der Waals surface area (Å²) in [6.07, 6.45) is 0. The van der Waals surface area contributed by atoms with Crippen LogP contribution in [0.3, 0.4) is 0 Å². The number of H-pyrrole nitrogens is 1. The van der Waals surface area contributed by atoms with Crippen LogP contribution >= 0.6 is 0 Å². The van der Waals surface area contributed by atoms with E-state index in [0.717, 1.165) is 17.9 Å². The number of rotatable bonds is 3. The maximum atomic E-state index is 6.01. The molecule has 3 rings (SSSR count). The molecule has 3 nitrogen and oxygen atoms in total. The molecule has 0 amide bonds. The van der Waals surface area contributed by atoms with Crippen molar-refractivity contribution in [3.63, 3.8) is 0 Å². The molecule has 0 aliphatic heterocycles. The second-order valence-electron chi connectivity index (χ2n) is 5.22. The molecule has 0 saturated carbocycles. The summed E-state index contributed by atoms with van der Waals surface area (Å²) in [4.78, 5) is 3.42. The summed E-state index contributed by atoms with van der Waals surface area (Å²) in [5.74, 6) is 0. The lowest BCUT2D eigenvalue weighted by Crippen LogP contribution is -2.03. The first-order valence-electron chi connectivity index (χ1n) is 6.81. The third kappa shape index (κ3) is 2.23. The normalized spacial score (nSPS) is 10.9. The van der Waals surface area contributed by atoms with Gasteiger partial charge in [-0.05, 0) is 43.2 Å². The summed E-state index contributed by atoms with van der Waals surface area (Å²) in [7, 11) is 0. The fraction of sp³-hybridized carbons (Fsp3) is 0.176. The van der Waals surface area contributed by atoms with E-state index in [2.05, 4.69) is 48.4 Å². The van der Waals surface area contributed by atoms with E-state index in [-0.39, 0.29) is 0 Å². The molecule has 0 unspecified atom stereocenters. The zero-order valence-electron chi connectivity index (χ0n) is 11.8. The summed E-state index contributed by atoms with van der Waals surface area (Å²) in [6.45, 7) is 4.95. The van der Waals surface area contributed by atoms with Gasteiger partial charge in [-0.1, -0.05) is 24.3 Å². The number of aryl methyl sites for hydroxylation is 2. The molecule has 0 fully saturated rings. The average molecular weight is 265 g/mol. The molecule has 4 N–H and O–H groups in total. The summed E-state index contributed by atoms with van der Waals surface area (Å²) in [6, 6.07) is 14.4. The molecule has 1 aromatic heterocycles. The number of aromatic nitrogens is 1. The predicted molar refractivity (Wildman–Crippen MR) is 86.0 cm³/mol. The molecule has 0 atom stereocenters. The molecule has 2 aromatic carbocycles. The summed E-state index contributed by atoms with van der Waals surface area (Å²) < 4.78 is 0. The lowest BCUT2D eigenvalue weighted by atomic mass is 10.1. The third-order valence-electron chi connectivity index (χ3n) is 3.69. The van der Waals surface area contributed by atoms with E-state index in [1.54, 1.807) is 0 Å². The highest BCUT2D eigenvalue weighted by Gasteiger charge is 2.08. The van der Waals surface area contributed by atoms with Crippen molar-refractivity contribution in [3.8, 4) is 0 Å². The molecule has 0 aliphatic carbocycles. The summed E-state index contributed by atoms with van der Waals surface area (Å²) in [5, 5.41) is 4.71. The molecule has 0 radical (unpaired) electrons. The highest BCUT2D eigenvalue weighted by molar-refractivity contribution is 5.85. The third-order valence-corrected chi connectivity index (χ3v) is 3.69. The Morgan fingerprint density at radius 3 is 2.75 bits per heavy atom. The molecule has 0 aliphatic rings. The van der Waals surface area contributed by atoms with E-state index in [1.165, 1.54) is 27.7 Å². The zero-order valence-corrected chi connectivity index (χ0v) is 11.8. The number of nitrogen functional groups attached to an aromatic ring is 1. The molecule has 3 aromatic rings. The Morgan fingerprint density at radius 2 is 1.90 bits per heavy atom. The molecular weight excluding hydrogens is 246 g/mol. The van der Waals surface area contributed by atoms with Crippen LogP contribution in [0.1, 0.15) is 16.8 Å². The van der Waals surface area contributed by atoms with Crippen molar-refractivity contribution in [3.05, 3.63) is 59.3 Å². The van der Waals surface area contributed by atoms with E-state index in [0.29, 0.717) is 0 Å². The smallest absolute Gasteiger partial charge is 0.0579 e. The van der Waals surface area contributed by atoms with Crippen LogP contribution < -0.4 is 11.1 Å². The van der Waals surface area contributed by atoms with Crippen LogP contribution in [0.15, 0.2) is 42.5 Å². The van der Waals surface area contributed by atoms with Crippen LogP contribution in [0.25, 0.3) is 10.9 Å². The second kappa shape index (κ2) is 4.93. The Labute approximate surface area is 118 Å². The van der Waals surface area contributed by atoms with E-state index < -0.39 is 0 Å². The number of nitrogens with one attached hydrogen (secondary N) is 2. The fourth-order valence-electron chi connectivity index (χ4n) is 2.57. The Kier molecular flexibility index (Phi) is 3.11. The number of hydrogen-bond donors (Lipinski definition) is 3. The monoisotopic (exact) mass is 265 g/mol. The highest BCUT2D eigenvalue weighted by Crippen LogP contribution is 2.25. The largest absolute Gasteiger partial charge is 0.397 e. The van der Waals surface area contributed by atoms with Gasteiger partial charge in [0.2, 0.25) is 0 Å². The molecule has 1 heterocycles. The SMILES string of the molecule is Cc1ccc(N)c(NCc2c(C)[nH]c3ccccc23)c1. The van der Waals surface area contributed by atoms with Crippen molar-refractivity contribution in [1.29, 1.82) is 0 Å². The van der Waals surface area contributed by atoms with Crippen molar-refractivity contribution in [2.45, 2.75) is 20.4 Å². The Balaban J connectivity index is 1.90. The van der Waals surface area contributed by atoms with Gasteiger partial charge in [-0.2, -0.15) is 0 Å². The van der Waals surface area contributed by atoms with Gasteiger partial charge in [0.1, 0.15) is 0 Å². The number of fused-ring (bicyclic) bond motifs is 1. The maximum Gasteiger partial charge on any atom is 0.0579 e. The first kappa shape index (κ1) is 12.6. The van der Waals surface area contributed by atoms with Gasteiger partial charge >= 0.3 is 0 Å². The predicted octanol–water partition coefficient (Wildman–Crippen LogP) is 3.98. The molecule has 0 saturated heterocycles. The Hall–Kier alpha value is -2.42. The zero-order chi connectivity index (χ0) is 14.1. The summed E-state index contributed by atoms with van der Waals surface area (Å²) in [5.41, 5.74) is 12.7. The number of hydrogen-bond acceptors (Lipinski definition) is 2. The minimum atomic E-state index is 0.767. The number of nitrogens with two attached hydrogens (primary N) is 1. The highest BCUT2D eigenvalue weighted by atomic mass is 14.9. The minimum absolute atomic E-state index is 0.767. The number of para-hydroxylation sites is 1. The van der Waals surface area contributed by atoms with Gasteiger partial charge in [0, 0.05) is 23.1 Å². The topological polar surface area (TPSA) is 53.8 Å². The van der Waals surface area contributed by atoms with Crippen LogP contribution in [0.5, 0.6) is 0 Å². The number of aromatic amines is 1. The van der Waals surface area contributed by atoms with Crippen molar-refractivity contribution >= 4 is 22.3 Å². The number of benzene rings is 2. The first-order chi connectivity index (χ1) is 9.65. The van der Waals surface area contributed by atoms with Crippen molar-refractivity contribution in [1.82, 2.24) is 4.98 Å². The first-order valence-corrected chi connectivity index (χ1v) is 6.81. The molecule has 0 spiro atoms. The average Bonchev–Trinajstić information content (AvgIpc) is 2.75. The molecule has 20 heavy (non-hydrogen) atoms. The van der Waals surface area contributed by atoms with Gasteiger partial charge < -0.3 is 16.0 Å². The Bertz CT molecular complexity index is 756. The molecular formula is C17H19N3. The van der Waals surface area contributed by atoms with Crippen molar-refractivity contribution in [2.24, 2.45) is 0 Å². The van der Waals surface area contributed by atoms with Crippen LogP contribution in [0.2, 0.25) is 0 Å². The summed E-state index contributed by atoms with van der Waals surface area (Å²) >= 11 is 0.